The number of nitrogens with two attached hydrogens (primary N) is 1. The number of hydrogen-bond acceptors (Lipinski definition) is 7. The number of nitriles is 1. The summed E-state index contributed by atoms with van der Waals surface area (Å²) in [4.78, 5) is 29.2. The van der Waals surface area contributed by atoms with E-state index < -0.39 is 5.97 Å². The smallest absolute Gasteiger partial charge is 0.348 e. The van der Waals surface area contributed by atoms with E-state index in [0.29, 0.717) is 64.3 Å². The number of thiophene rings is 1. The molecule has 1 aromatic carbocycles. The Morgan fingerprint density at radius 1 is 1.24 bits per heavy atom. The SMILES string of the molecule is CCOC(=O)c1sc(N)c(C#N)c1CN1CCN(C(=O)c2ccc(Cl)cc2)CC1. The molecular formula is C20H21ClN4O3S. The Morgan fingerprint density at radius 2 is 1.90 bits per heavy atom. The number of esters is 1. The zero-order valence-corrected chi connectivity index (χ0v) is 17.6. The Hall–Kier alpha value is -2.60. The number of ether oxygens (including phenoxy) is 1. The molecule has 1 aliphatic rings. The molecule has 0 bridgehead atoms. The van der Waals surface area contributed by atoms with Crippen LogP contribution in [0, 0.1) is 11.3 Å². The zero-order chi connectivity index (χ0) is 21.0. The Kier molecular flexibility index (Phi) is 6.75. The van der Waals surface area contributed by atoms with E-state index in [1.807, 2.05) is 0 Å². The number of amides is 1. The van der Waals surface area contributed by atoms with Crippen molar-refractivity contribution in [3.05, 3.63) is 50.9 Å². The summed E-state index contributed by atoms with van der Waals surface area (Å²) in [5.74, 6) is -0.497. The number of carbonyl (C=O) groups excluding carboxylic acids is 2. The summed E-state index contributed by atoms with van der Waals surface area (Å²) in [6.45, 7) is 4.76. The van der Waals surface area contributed by atoms with Crippen LogP contribution in [0.25, 0.3) is 0 Å². The molecular weight excluding hydrogens is 412 g/mol. The summed E-state index contributed by atoms with van der Waals surface area (Å²) in [5, 5.41) is 10.4. The molecule has 0 spiro atoms. The summed E-state index contributed by atoms with van der Waals surface area (Å²) in [5.41, 5.74) is 7.47. The van der Waals surface area contributed by atoms with Gasteiger partial charge in [0, 0.05) is 48.9 Å². The van der Waals surface area contributed by atoms with Gasteiger partial charge in [-0.25, -0.2) is 4.79 Å². The molecule has 0 radical (unpaired) electrons. The van der Waals surface area contributed by atoms with Gasteiger partial charge in [0.25, 0.3) is 5.91 Å². The normalized spacial score (nSPS) is 14.4. The van der Waals surface area contributed by atoms with Crippen LogP contribution in [0.2, 0.25) is 5.02 Å². The van der Waals surface area contributed by atoms with Gasteiger partial charge < -0.3 is 15.4 Å². The molecule has 1 fully saturated rings. The molecule has 3 rings (SSSR count). The van der Waals surface area contributed by atoms with Crippen LogP contribution in [0.4, 0.5) is 5.00 Å². The second-order valence-corrected chi connectivity index (χ2v) is 8.05. The fraction of sp³-hybridized carbons (Fsp3) is 0.350. The predicted molar refractivity (Wildman–Crippen MR) is 112 cm³/mol. The van der Waals surface area contributed by atoms with E-state index in [4.69, 9.17) is 22.1 Å². The highest BCUT2D eigenvalue weighted by atomic mass is 35.5. The minimum Gasteiger partial charge on any atom is -0.462 e. The Bertz CT molecular complexity index is 944. The number of rotatable bonds is 5. The van der Waals surface area contributed by atoms with Crippen molar-refractivity contribution in [2.45, 2.75) is 13.5 Å². The molecule has 0 saturated carbocycles. The van der Waals surface area contributed by atoms with Crippen molar-refractivity contribution in [2.24, 2.45) is 0 Å². The van der Waals surface area contributed by atoms with Gasteiger partial charge in [-0.1, -0.05) is 11.6 Å². The first kappa shape index (κ1) is 21.1. The maximum atomic E-state index is 12.6. The Balaban J connectivity index is 1.68. The first-order chi connectivity index (χ1) is 13.9. The van der Waals surface area contributed by atoms with E-state index in [9.17, 15) is 14.9 Å². The summed E-state index contributed by atoms with van der Waals surface area (Å²) in [6.07, 6.45) is 0. The maximum absolute atomic E-state index is 12.6. The Morgan fingerprint density at radius 3 is 2.48 bits per heavy atom. The molecule has 2 aromatic rings. The molecule has 9 heteroatoms. The van der Waals surface area contributed by atoms with Crippen LogP contribution in [-0.4, -0.2) is 54.5 Å². The minimum absolute atomic E-state index is 0.0361. The van der Waals surface area contributed by atoms with Gasteiger partial charge >= 0.3 is 5.97 Å². The predicted octanol–water partition coefficient (Wildman–Crippen LogP) is 2.99. The van der Waals surface area contributed by atoms with Crippen LogP contribution in [0.1, 0.15) is 38.1 Å². The fourth-order valence-corrected chi connectivity index (χ4v) is 4.28. The highest BCUT2D eigenvalue weighted by Gasteiger charge is 2.27. The van der Waals surface area contributed by atoms with E-state index in [-0.39, 0.29) is 12.5 Å². The second-order valence-electron chi connectivity index (χ2n) is 6.56. The lowest BCUT2D eigenvalue weighted by molar-refractivity contribution is 0.0529. The molecule has 1 aromatic heterocycles. The maximum Gasteiger partial charge on any atom is 0.348 e. The third-order valence-electron chi connectivity index (χ3n) is 4.74. The van der Waals surface area contributed by atoms with Crippen molar-refractivity contribution in [3.63, 3.8) is 0 Å². The van der Waals surface area contributed by atoms with Gasteiger partial charge in [0.05, 0.1) is 12.2 Å². The van der Waals surface area contributed by atoms with E-state index in [2.05, 4.69) is 11.0 Å². The van der Waals surface area contributed by atoms with Crippen molar-refractivity contribution in [1.82, 2.24) is 9.80 Å². The first-order valence-electron chi connectivity index (χ1n) is 9.20. The molecule has 7 nitrogen and oxygen atoms in total. The van der Waals surface area contributed by atoms with Crippen LogP contribution in [0.3, 0.4) is 0 Å². The topological polar surface area (TPSA) is 99.7 Å². The summed E-state index contributed by atoms with van der Waals surface area (Å²) < 4.78 is 5.10. The minimum atomic E-state index is -0.461. The van der Waals surface area contributed by atoms with Crippen LogP contribution in [-0.2, 0) is 11.3 Å². The van der Waals surface area contributed by atoms with Crippen molar-refractivity contribution >= 4 is 39.8 Å². The number of nitrogen functional groups attached to an aromatic ring is 1. The average Bonchev–Trinajstić information content (AvgIpc) is 3.04. The fourth-order valence-electron chi connectivity index (χ4n) is 3.23. The van der Waals surface area contributed by atoms with Crippen LogP contribution in [0.15, 0.2) is 24.3 Å². The highest BCUT2D eigenvalue weighted by molar-refractivity contribution is 7.18. The van der Waals surface area contributed by atoms with E-state index >= 15 is 0 Å². The molecule has 1 aliphatic heterocycles. The van der Waals surface area contributed by atoms with Crippen LogP contribution >= 0.6 is 22.9 Å². The van der Waals surface area contributed by atoms with Crippen molar-refractivity contribution in [1.29, 1.82) is 5.26 Å². The van der Waals surface area contributed by atoms with Crippen LogP contribution < -0.4 is 5.73 Å². The van der Waals surface area contributed by atoms with Crippen molar-refractivity contribution < 1.29 is 14.3 Å². The lowest BCUT2D eigenvalue weighted by Crippen LogP contribution is -2.48. The van der Waals surface area contributed by atoms with E-state index in [0.717, 1.165) is 11.3 Å². The monoisotopic (exact) mass is 432 g/mol. The second kappa shape index (κ2) is 9.27. The number of halogens is 1. The van der Waals surface area contributed by atoms with Gasteiger partial charge in [-0.15, -0.1) is 11.3 Å². The molecule has 1 amide bonds. The molecule has 2 heterocycles. The number of nitrogens with zero attached hydrogens (tertiary/aromatic N) is 3. The van der Waals surface area contributed by atoms with Gasteiger partial charge in [-0.2, -0.15) is 5.26 Å². The molecule has 1 saturated heterocycles. The number of benzene rings is 1. The average molecular weight is 433 g/mol. The summed E-state index contributed by atoms with van der Waals surface area (Å²) in [7, 11) is 0. The van der Waals surface area contributed by atoms with Crippen molar-refractivity contribution in [2.75, 3.05) is 38.5 Å². The molecule has 29 heavy (non-hydrogen) atoms. The quantitative estimate of drug-likeness (QED) is 0.729. The lowest BCUT2D eigenvalue weighted by atomic mass is 10.1. The standard InChI is InChI=1S/C20H21ClN4O3S/c1-2-28-20(27)17-16(15(11-22)18(23)29-17)12-24-7-9-25(10-8-24)19(26)13-3-5-14(21)6-4-13/h3-6H,2,7-10,12,23H2,1H3. The van der Waals surface area contributed by atoms with Gasteiger partial charge in [-0.05, 0) is 31.2 Å². The third kappa shape index (κ3) is 4.70. The molecule has 0 unspecified atom stereocenters. The molecule has 2 N–H and O–H groups in total. The zero-order valence-electron chi connectivity index (χ0n) is 16.0. The largest absolute Gasteiger partial charge is 0.462 e. The Labute approximate surface area is 178 Å². The first-order valence-corrected chi connectivity index (χ1v) is 10.4. The molecule has 0 aliphatic carbocycles. The molecule has 0 atom stereocenters. The van der Waals surface area contributed by atoms with Crippen molar-refractivity contribution in [3.8, 4) is 6.07 Å². The molecule has 152 valence electrons. The number of piperazine rings is 1. The highest BCUT2D eigenvalue weighted by Crippen LogP contribution is 2.32. The number of hydrogen-bond donors (Lipinski definition) is 1. The van der Waals surface area contributed by atoms with Gasteiger partial charge in [-0.3, -0.25) is 9.69 Å². The lowest BCUT2D eigenvalue weighted by Gasteiger charge is -2.34. The van der Waals surface area contributed by atoms with Gasteiger partial charge in [0.2, 0.25) is 0 Å². The van der Waals surface area contributed by atoms with Gasteiger partial charge in [0.15, 0.2) is 0 Å². The third-order valence-corrected chi connectivity index (χ3v) is 6.03. The van der Waals surface area contributed by atoms with E-state index in [1.165, 1.54) is 0 Å². The van der Waals surface area contributed by atoms with Gasteiger partial charge in [0.1, 0.15) is 15.9 Å². The summed E-state index contributed by atoms with van der Waals surface area (Å²) in [6, 6.07) is 8.94. The van der Waals surface area contributed by atoms with E-state index in [1.54, 1.807) is 36.1 Å². The summed E-state index contributed by atoms with van der Waals surface area (Å²) >= 11 is 6.97. The number of carbonyl (C=O) groups is 2. The van der Waals surface area contributed by atoms with Crippen LogP contribution in [0.5, 0.6) is 0 Å². The number of anilines is 1.